The summed E-state index contributed by atoms with van der Waals surface area (Å²) < 4.78 is 0. The first-order valence-corrected chi connectivity index (χ1v) is 9.42. The number of hydrogen-bond acceptors (Lipinski definition) is 2. The zero-order chi connectivity index (χ0) is 17.9. The first kappa shape index (κ1) is 15.5. The van der Waals surface area contributed by atoms with Crippen LogP contribution < -0.4 is 9.80 Å². The maximum absolute atomic E-state index is 2.55. The van der Waals surface area contributed by atoms with Gasteiger partial charge >= 0.3 is 0 Å². The molecule has 2 aliphatic rings. The molecule has 3 aromatic carbocycles. The summed E-state index contributed by atoms with van der Waals surface area (Å²) in [6.45, 7) is 7.20. The molecule has 2 unspecified atom stereocenters. The summed E-state index contributed by atoms with van der Waals surface area (Å²) in [5.74, 6) is 0.473. The molecule has 0 aromatic heterocycles. The average Bonchev–Trinajstić information content (AvgIpc) is 3.03. The second-order valence-corrected chi connectivity index (χ2v) is 8.04. The van der Waals surface area contributed by atoms with Gasteiger partial charge < -0.3 is 9.80 Å². The predicted molar refractivity (Wildman–Crippen MR) is 110 cm³/mol. The summed E-state index contributed by atoms with van der Waals surface area (Å²) in [5, 5.41) is 0. The number of rotatable bonds is 1. The molecule has 0 N–H and O–H groups in total. The maximum atomic E-state index is 2.55. The van der Waals surface area contributed by atoms with E-state index in [2.05, 4.69) is 109 Å². The Bertz CT molecular complexity index is 961. The van der Waals surface area contributed by atoms with Crippen LogP contribution in [0.4, 0.5) is 22.7 Å². The van der Waals surface area contributed by atoms with Gasteiger partial charge in [-0.15, -0.1) is 0 Å². The van der Waals surface area contributed by atoms with Crippen LogP contribution in [-0.2, 0) is 0 Å². The third kappa shape index (κ3) is 1.93. The van der Waals surface area contributed by atoms with Gasteiger partial charge in [-0.1, -0.05) is 69.3 Å². The highest BCUT2D eigenvalue weighted by Crippen LogP contribution is 2.59. The van der Waals surface area contributed by atoms with Crippen LogP contribution in [-0.4, -0.2) is 6.17 Å². The van der Waals surface area contributed by atoms with Gasteiger partial charge in [0.05, 0.1) is 11.4 Å². The summed E-state index contributed by atoms with van der Waals surface area (Å²) in [4.78, 5) is 5.08. The van der Waals surface area contributed by atoms with Crippen LogP contribution in [0.1, 0.15) is 32.3 Å². The summed E-state index contributed by atoms with van der Waals surface area (Å²) in [5.41, 5.74) is 6.72. The van der Waals surface area contributed by atoms with Gasteiger partial charge in [0, 0.05) is 16.8 Å². The molecule has 5 rings (SSSR count). The Morgan fingerprint density at radius 1 is 0.654 bits per heavy atom. The molecule has 2 atom stereocenters. The van der Waals surface area contributed by atoms with E-state index in [1.54, 1.807) is 0 Å². The highest BCUT2D eigenvalue weighted by atomic mass is 15.4. The molecule has 2 heterocycles. The Morgan fingerprint density at radius 2 is 1.19 bits per heavy atom. The summed E-state index contributed by atoms with van der Waals surface area (Å²) >= 11 is 0. The van der Waals surface area contributed by atoms with Crippen molar-refractivity contribution in [3.8, 4) is 0 Å². The van der Waals surface area contributed by atoms with Gasteiger partial charge in [0.2, 0.25) is 0 Å². The van der Waals surface area contributed by atoms with Gasteiger partial charge in [0.1, 0.15) is 6.17 Å². The average molecular weight is 340 g/mol. The predicted octanol–water partition coefficient (Wildman–Crippen LogP) is 6.45. The maximum Gasteiger partial charge on any atom is 0.117 e. The van der Waals surface area contributed by atoms with E-state index in [1.165, 1.54) is 28.3 Å². The fourth-order valence-electron chi connectivity index (χ4n) is 4.74. The standard InChI is InChI=1S/C24H24N2/c1-17-19-13-7-8-14-20(19)26-22-16-10-9-15-21(22)25(23(26)24(17,2)3)18-11-5-4-6-12-18/h4-17,23H,1-3H3. The number of anilines is 4. The quantitative estimate of drug-likeness (QED) is 0.502. The van der Waals surface area contributed by atoms with E-state index in [4.69, 9.17) is 0 Å². The van der Waals surface area contributed by atoms with Gasteiger partial charge in [-0.2, -0.15) is 0 Å². The zero-order valence-corrected chi connectivity index (χ0v) is 15.6. The molecule has 0 saturated carbocycles. The van der Waals surface area contributed by atoms with Crippen molar-refractivity contribution < 1.29 is 0 Å². The summed E-state index contributed by atoms with van der Waals surface area (Å²) in [6, 6.07) is 28.5. The van der Waals surface area contributed by atoms with Gasteiger partial charge in [0.15, 0.2) is 0 Å². The van der Waals surface area contributed by atoms with Crippen molar-refractivity contribution in [3.05, 3.63) is 84.4 Å². The molecule has 2 heteroatoms. The van der Waals surface area contributed by atoms with Crippen molar-refractivity contribution in [2.75, 3.05) is 9.80 Å². The van der Waals surface area contributed by atoms with Gasteiger partial charge in [0.25, 0.3) is 0 Å². The number of fused-ring (bicyclic) bond motifs is 5. The van der Waals surface area contributed by atoms with E-state index in [9.17, 15) is 0 Å². The van der Waals surface area contributed by atoms with E-state index in [-0.39, 0.29) is 11.6 Å². The van der Waals surface area contributed by atoms with Crippen LogP contribution in [0.5, 0.6) is 0 Å². The normalized spacial score (nSPS) is 22.6. The monoisotopic (exact) mass is 340 g/mol. The van der Waals surface area contributed by atoms with E-state index >= 15 is 0 Å². The third-order valence-corrected chi connectivity index (χ3v) is 6.37. The SMILES string of the molecule is CC1c2ccccc2N2c3ccccc3N(c3ccccc3)C2C1(C)C. The third-order valence-electron chi connectivity index (χ3n) is 6.37. The zero-order valence-electron chi connectivity index (χ0n) is 15.6. The molecule has 2 aliphatic heterocycles. The van der Waals surface area contributed by atoms with Crippen molar-refractivity contribution in [2.45, 2.75) is 32.9 Å². The number of benzene rings is 3. The van der Waals surface area contributed by atoms with Crippen molar-refractivity contribution in [3.63, 3.8) is 0 Å². The van der Waals surface area contributed by atoms with Crippen molar-refractivity contribution in [1.29, 1.82) is 0 Å². The molecular formula is C24H24N2. The van der Waals surface area contributed by atoms with Gasteiger partial charge in [-0.05, 0) is 41.8 Å². The second kappa shape index (κ2) is 5.38. The number of hydrogen-bond donors (Lipinski definition) is 0. The van der Waals surface area contributed by atoms with Crippen LogP contribution in [0.2, 0.25) is 0 Å². The lowest BCUT2D eigenvalue weighted by molar-refractivity contribution is 0.230. The van der Waals surface area contributed by atoms with E-state index in [0.29, 0.717) is 5.92 Å². The highest BCUT2D eigenvalue weighted by Gasteiger charge is 2.52. The summed E-state index contributed by atoms with van der Waals surface area (Å²) in [7, 11) is 0. The minimum Gasteiger partial charge on any atom is -0.318 e. The molecule has 26 heavy (non-hydrogen) atoms. The molecule has 0 saturated heterocycles. The van der Waals surface area contributed by atoms with Gasteiger partial charge in [-0.3, -0.25) is 0 Å². The van der Waals surface area contributed by atoms with E-state index in [0.717, 1.165) is 0 Å². The smallest absolute Gasteiger partial charge is 0.117 e. The molecule has 0 amide bonds. The van der Waals surface area contributed by atoms with Crippen LogP contribution in [0.3, 0.4) is 0 Å². The number of para-hydroxylation sites is 4. The minimum atomic E-state index is 0.0865. The molecule has 0 fully saturated rings. The molecule has 0 aliphatic carbocycles. The van der Waals surface area contributed by atoms with Crippen LogP contribution in [0.25, 0.3) is 0 Å². The van der Waals surface area contributed by atoms with Crippen molar-refractivity contribution in [1.82, 2.24) is 0 Å². The Balaban J connectivity index is 1.81. The topological polar surface area (TPSA) is 6.48 Å². The fraction of sp³-hybridized carbons (Fsp3) is 0.250. The molecule has 3 aromatic rings. The molecule has 0 spiro atoms. The molecule has 0 bridgehead atoms. The minimum absolute atomic E-state index is 0.0865. The lowest BCUT2D eigenvalue weighted by Gasteiger charge is -2.51. The van der Waals surface area contributed by atoms with Crippen LogP contribution in [0, 0.1) is 5.41 Å². The second-order valence-electron chi connectivity index (χ2n) is 8.04. The molecule has 0 radical (unpaired) electrons. The fourth-order valence-corrected chi connectivity index (χ4v) is 4.74. The number of nitrogens with zero attached hydrogens (tertiary/aromatic N) is 2. The molecule has 2 nitrogen and oxygen atoms in total. The van der Waals surface area contributed by atoms with Crippen LogP contribution in [0.15, 0.2) is 78.9 Å². The van der Waals surface area contributed by atoms with Crippen molar-refractivity contribution in [2.24, 2.45) is 5.41 Å². The lowest BCUT2D eigenvalue weighted by atomic mass is 9.69. The Hall–Kier alpha value is -2.74. The van der Waals surface area contributed by atoms with Crippen LogP contribution >= 0.6 is 0 Å². The van der Waals surface area contributed by atoms with Crippen molar-refractivity contribution >= 4 is 22.7 Å². The highest BCUT2D eigenvalue weighted by molar-refractivity contribution is 5.90. The first-order chi connectivity index (χ1) is 12.6. The first-order valence-electron chi connectivity index (χ1n) is 9.42. The molecular weight excluding hydrogens is 316 g/mol. The lowest BCUT2D eigenvalue weighted by Crippen LogP contribution is -2.54. The molecule has 130 valence electrons. The largest absolute Gasteiger partial charge is 0.318 e. The summed E-state index contributed by atoms with van der Waals surface area (Å²) in [6.07, 6.45) is 0.257. The van der Waals surface area contributed by atoms with Gasteiger partial charge in [-0.25, -0.2) is 0 Å². The van der Waals surface area contributed by atoms with E-state index in [1.807, 2.05) is 0 Å². The Labute approximate surface area is 155 Å². The Kier molecular flexibility index (Phi) is 3.21. The Morgan fingerprint density at radius 3 is 1.88 bits per heavy atom. The van der Waals surface area contributed by atoms with E-state index < -0.39 is 0 Å².